The number of nitro benzene ring substituents is 1. The van der Waals surface area contributed by atoms with Crippen molar-refractivity contribution in [3.63, 3.8) is 0 Å². The first-order chi connectivity index (χ1) is 9.76. The molecule has 116 valence electrons. The average molecular weight is 294 g/mol. The number of benzene rings is 1. The van der Waals surface area contributed by atoms with Crippen molar-refractivity contribution in [3.8, 4) is 0 Å². The Morgan fingerprint density at radius 3 is 2.52 bits per heavy atom. The summed E-state index contributed by atoms with van der Waals surface area (Å²) in [5.74, 6) is -0.463. The molecule has 0 heterocycles. The van der Waals surface area contributed by atoms with E-state index in [4.69, 9.17) is 5.73 Å². The molecular formula is C14H22N4O3. The van der Waals surface area contributed by atoms with E-state index in [2.05, 4.69) is 10.6 Å². The molecule has 21 heavy (non-hydrogen) atoms. The lowest BCUT2D eigenvalue weighted by Gasteiger charge is -2.26. The summed E-state index contributed by atoms with van der Waals surface area (Å²) in [4.78, 5) is 22.0. The zero-order valence-electron chi connectivity index (χ0n) is 12.6. The zero-order chi connectivity index (χ0) is 16.0. The molecule has 0 saturated carbocycles. The second-order valence-corrected chi connectivity index (χ2v) is 5.54. The number of para-hydroxylation sites is 1. The number of primary amides is 1. The lowest BCUT2D eigenvalue weighted by molar-refractivity contribution is -0.383. The highest BCUT2D eigenvalue weighted by molar-refractivity contribution is 5.79. The number of amides is 1. The van der Waals surface area contributed by atoms with Gasteiger partial charge in [-0.3, -0.25) is 14.9 Å². The first-order valence-corrected chi connectivity index (χ1v) is 6.84. The summed E-state index contributed by atoms with van der Waals surface area (Å²) in [6.45, 7) is 6.17. The Hall–Kier alpha value is -2.31. The van der Waals surface area contributed by atoms with E-state index in [1.807, 2.05) is 6.92 Å². The maximum Gasteiger partial charge on any atom is 0.315 e. The molecule has 1 aromatic carbocycles. The van der Waals surface area contributed by atoms with Crippen molar-refractivity contribution >= 4 is 23.0 Å². The number of carbonyl (C=O) groups excluding carboxylic acids is 1. The number of nitrogens with one attached hydrogen (secondary N) is 2. The number of hydrogen-bond donors (Lipinski definition) is 3. The zero-order valence-corrected chi connectivity index (χ0v) is 12.6. The molecule has 1 amide bonds. The highest BCUT2D eigenvalue weighted by Crippen LogP contribution is 2.34. The highest BCUT2D eigenvalue weighted by atomic mass is 16.6. The Morgan fingerprint density at radius 1 is 1.38 bits per heavy atom. The standard InChI is InChI=1S/C14H22N4O3/c1-4-8-16-10-6-5-7-11(13(10)18(20)21)17-14(2,3)9-12(15)19/h5-7,16-17H,4,8-9H2,1-3H3,(H2,15,19). The molecule has 7 heteroatoms. The fourth-order valence-electron chi connectivity index (χ4n) is 2.09. The molecule has 0 unspecified atom stereocenters. The van der Waals surface area contributed by atoms with Gasteiger partial charge in [0.2, 0.25) is 5.91 Å². The number of rotatable bonds is 8. The van der Waals surface area contributed by atoms with Gasteiger partial charge in [0.05, 0.1) is 4.92 Å². The lowest BCUT2D eigenvalue weighted by Crippen LogP contribution is -2.36. The fraction of sp³-hybridized carbons (Fsp3) is 0.500. The maximum atomic E-state index is 11.3. The van der Waals surface area contributed by atoms with Gasteiger partial charge in [-0.15, -0.1) is 0 Å². The second-order valence-electron chi connectivity index (χ2n) is 5.54. The molecule has 0 fully saturated rings. The van der Waals surface area contributed by atoms with Crippen LogP contribution in [0.25, 0.3) is 0 Å². The number of hydrogen-bond acceptors (Lipinski definition) is 5. The van der Waals surface area contributed by atoms with E-state index in [0.29, 0.717) is 17.9 Å². The number of nitrogens with two attached hydrogens (primary N) is 1. The van der Waals surface area contributed by atoms with Crippen molar-refractivity contribution in [2.75, 3.05) is 17.2 Å². The van der Waals surface area contributed by atoms with Gasteiger partial charge in [-0.05, 0) is 32.4 Å². The van der Waals surface area contributed by atoms with Crippen LogP contribution in [0.2, 0.25) is 0 Å². The molecule has 0 aromatic heterocycles. The van der Waals surface area contributed by atoms with Gasteiger partial charge >= 0.3 is 5.69 Å². The van der Waals surface area contributed by atoms with E-state index in [1.54, 1.807) is 32.0 Å². The maximum absolute atomic E-state index is 11.3. The lowest BCUT2D eigenvalue weighted by atomic mass is 9.99. The van der Waals surface area contributed by atoms with Gasteiger partial charge in [0.15, 0.2) is 0 Å². The SMILES string of the molecule is CCCNc1cccc(NC(C)(C)CC(N)=O)c1[N+](=O)[O-]. The van der Waals surface area contributed by atoms with Crippen molar-refractivity contribution in [3.05, 3.63) is 28.3 Å². The van der Waals surface area contributed by atoms with Crippen LogP contribution < -0.4 is 16.4 Å². The molecule has 1 rings (SSSR count). The normalized spacial score (nSPS) is 11.0. The molecular weight excluding hydrogens is 272 g/mol. The van der Waals surface area contributed by atoms with Crippen LogP contribution in [0.3, 0.4) is 0 Å². The van der Waals surface area contributed by atoms with Gasteiger partial charge in [-0.2, -0.15) is 0 Å². The molecule has 7 nitrogen and oxygen atoms in total. The molecule has 0 saturated heterocycles. The topological polar surface area (TPSA) is 110 Å². The monoisotopic (exact) mass is 294 g/mol. The van der Waals surface area contributed by atoms with E-state index in [9.17, 15) is 14.9 Å². The summed E-state index contributed by atoms with van der Waals surface area (Å²) < 4.78 is 0. The molecule has 4 N–H and O–H groups in total. The van der Waals surface area contributed by atoms with Gasteiger partial charge in [0, 0.05) is 18.5 Å². The second kappa shape index (κ2) is 6.92. The minimum atomic E-state index is -0.667. The number of carbonyl (C=O) groups is 1. The van der Waals surface area contributed by atoms with Crippen LogP contribution in [0.4, 0.5) is 17.1 Å². The quantitative estimate of drug-likeness (QED) is 0.504. The van der Waals surface area contributed by atoms with Crippen molar-refractivity contribution in [2.24, 2.45) is 5.73 Å². The van der Waals surface area contributed by atoms with Crippen LogP contribution in [0.15, 0.2) is 18.2 Å². The molecule has 0 aliphatic carbocycles. The van der Waals surface area contributed by atoms with Gasteiger partial charge < -0.3 is 16.4 Å². The third-order valence-corrected chi connectivity index (χ3v) is 2.87. The number of nitrogens with zero attached hydrogens (tertiary/aromatic N) is 1. The molecule has 0 aliphatic rings. The molecule has 0 aliphatic heterocycles. The van der Waals surface area contributed by atoms with Crippen LogP contribution in [-0.4, -0.2) is 22.9 Å². The molecule has 0 bridgehead atoms. The van der Waals surface area contributed by atoms with Crippen molar-refractivity contribution in [1.82, 2.24) is 0 Å². The van der Waals surface area contributed by atoms with Crippen molar-refractivity contribution < 1.29 is 9.72 Å². The van der Waals surface area contributed by atoms with Gasteiger partial charge in [-0.25, -0.2) is 0 Å². The Labute approximate surface area is 124 Å². The largest absolute Gasteiger partial charge is 0.379 e. The molecule has 0 radical (unpaired) electrons. The van der Waals surface area contributed by atoms with Crippen molar-refractivity contribution in [1.29, 1.82) is 0 Å². The first-order valence-electron chi connectivity index (χ1n) is 6.84. The van der Waals surface area contributed by atoms with Gasteiger partial charge in [0.1, 0.15) is 11.4 Å². The van der Waals surface area contributed by atoms with Gasteiger partial charge in [0.25, 0.3) is 0 Å². The van der Waals surface area contributed by atoms with Crippen LogP contribution in [0, 0.1) is 10.1 Å². The Morgan fingerprint density at radius 2 is 2.00 bits per heavy atom. The summed E-state index contributed by atoms with van der Waals surface area (Å²) >= 11 is 0. The van der Waals surface area contributed by atoms with Crippen LogP contribution in [-0.2, 0) is 4.79 Å². The summed E-state index contributed by atoms with van der Waals surface area (Å²) in [6.07, 6.45) is 0.943. The average Bonchev–Trinajstić information content (AvgIpc) is 2.33. The van der Waals surface area contributed by atoms with E-state index in [1.165, 1.54) is 0 Å². The predicted molar refractivity (Wildman–Crippen MR) is 83.4 cm³/mol. The third kappa shape index (κ3) is 4.94. The van der Waals surface area contributed by atoms with E-state index in [-0.39, 0.29) is 12.1 Å². The Balaban J connectivity index is 3.11. The van der Waals surface area contributed by atoms with Crippen LogP contribution >= 0.6 is 0 Å². The van der Waals surface area contributed by atoms with E-state index >= 15 is 0 Å². The summed E-state index contributed by atoms with van der Waals surface area (Å²) in [6, 6.07) is 5.02. The Kier molecular flexibility index (Phi) is 5.52. The smallest absolute Gasteiger partial charge is 0.315 e. The minimum Gasteiger partial charge on any atom is -0.379 e. The number of anilines is 2. The molecule has 1 aromatic rings. The predicted octanol–water partition coefficient (Wildman–Crippen LogP) is 2.48. The molecule has 0 spiro atoms. The fourth-order valence-corrected chi connectivity index (χ4v) is 2.09. The van der Waals surface area contributed by atoms with E-state index < -0.39 is 16.4 Å². The van der Waals surface area contributed by atoms with Crippen LogP contribution in [0.1, 0.15) is 33.6 Å². The molecule has 0 atom stereocenters. The first kappa shape index (κ1) is 16.7. The van der Waals surface area contributed by atoms with Crippen LogP contribution in [0.5, 0.6) is 0 Å². The summed E-state index contributed by atoms with van der Waals surface area (Å²) in [7, 11) is 0. The minimum absolute atomic E-state index is 0.0245. The highest BCUT2D eigenvalue weighted by Gasteiger charge is 2.26. The third-order valence-electron chi connectivity index (χ3n) is 2.87. The van der Waals surface area contributed by atoms with E-state index in [0.717, 1.165) is 6.42 Å². The number of nitro groups is 1. The summed E-state index contributed by atoms with van der Waals surface area (Å²) in [5.41, 5.74) is 5.34. The van der Waals surface area contributed by atoms with Gasteiger partial charge in [-0.1, -0.05) is 13.0 Å². The summed E-state index contributed by atoms with van der Waals surface area (Å²) in [5, 5.41) is 17.4. The van der Waals surface area contributed by atoms with Crippen molar-refractivity contribution in [2.45, 2.75) is 39.2 Å². The Bertz CT molecular complexity index is 529.